The van der Waals surface area contributed by atoms with Gasteiger partial charge in [-0.15, -0.1) is 11.3 Å². The SMILES string of the molecule is NC(=O)c1ncc(C(F)F)nc1-c1cscn1. The third-order valence-corrected chi connectivity index (χ3v) is 2.51. The molecule has 17 heavy (non-hydrogen) atoms. The Hall–Kier alpha value is -1.96. The lowest BCUT2D eigenvalue weighted by molar-refractivity contribution is 0.0994. The fraction of sp³-hybridized carbons (Fsp3) is 0.111. The Balaban J connectivity index is 2.60. The Morgan fingerprint density at radius 2 is 2.18 bits per heavy atom. The maximum atomic E-state index is 12.5. The quantitative estimate of drug-likeness (QED) is 0.904. The summed E-state index contributed by atoms with van der Waals surface area (Å²) >= 11 is 1.25. The van der Waals surface area contributed by atoms with Crippen molar-refractivity contribution in [1.29, 1.82) is 0 Å². The predicted octanol–water partition coefficient (Wildman–Crippen LogP) is 1.64. The summed E-state index contributed by atoms with van der Waals surface area (Å²) in [5.74, 6) is -0.832. The summed E-state index contributed by atoms with van der Waals surface area (Å²) in [5, 5.41) is 1.58. The largest absolute Gasteiger partial charge is 0.364 e. The van der Waals surface area contributed by atoms with Gasteiger partial charge >= 0.3 is 0 Å². The fourth-order valence-electron chi connectivity index (χ4n) is 1.20. The first-order valence-electron chi connectivity index (χ1n) is 4.43. The summed E-state index contributed by atoms with van der Waals surface area (Å²) in [7, 11) is 0. The second-order valence-electron chi connectivity index (χ2n) is 3.03. The molecule has 0 radical (unpaired) electrons. The van der Waals surface area contributed by atoms with Gasteiger partial charge in [-0.1, -0.05) is 0 Å². The number of aromatic nitrogens is 3. The lowest BCUT2D eigenvalue weighted by Crippen LogP contribution is -2.16. The number of carbonyl (C=O) groups is 1. The van der Waals surface area contributed by atoms with Gasteiger partial charge in [-0.3, -0.25) is 4.79 Å². The zero-order valence-corrected chi connectivity index (χ0v) is 9.12. The van der Waals surface area contributed by atoms with Gasteiger partial charge in [0.15, 0.2) is 5.69 Å². The van der Waals surface area contributed by atoms with Crippen LogP contribution in [0.3, 0.4) is 0 Å². The van der Waals surface area contributed by atoms with Crippen molar-refractivity contribution in [2.75, 3.05) is 0 Å². The number of halogens is 2. The number of hydrogen-bond acceptors (Lipinski definition) is 5. The van der Waals surface area contributed by atoms with Crippen molar-refractivity contribution >= 4 is 17.2 Å². The normalized spacial score (nSPS) is 10.8. The van der Waals surface area contributed by atoms with Crippen molar-refractivity contribution in [3.63, 3.8) is 0 Å². The zero-order chi connectivity index (χ0) is 12.4. The number of rotatable bonds is 3. The molecule has 2 aromatic heterocycles. The van der Waals surface area contributed by atoms with Gasteiger partial charge in [0.1, 0.15) is 17.1 Å². The van der Waals surface area contributed by atoms with Gasteiger partial charge in [0, 0.05) is 5.38 Å². The van der Waals surface area contributed by atoms with Gasteiger partial charge < -0.3 is 5.73 Å². The lowest BCUT2D eigenvalue weighted by Gasteiger charge is -2.05. The van der Waals surface area contributed by atoms with Gasteiger partial charge in [-0.25, -0.2) is 23.7 Å². The van der Waals surface area contributed by atoms with E-state index < -0.39 is 18.0 Å². The van der Waals surface area contributed by atoms with Crippen LogP contribution in [0.15, 0.2) is 17.1 Å². The van der Waals surface area contributed by atoms with E-state index in [9.17, 15) is 13.6 Å². The van der Waals surface area contributed by atoms with Crippen LogP contribution in [0.5, 0.6) is 0 Å². The van der Waals surface area contributed by atoms with E-state index in [0.29, 0.717) is 5.69 Å². The standard InChI is InChI=1S/C9H6F2N4OS/c10-8(11)4-1-13-7(9(12)16)6(15-4)5-2-17-3-14-5/h1-3,8H,(H2,12,16). The maximum Gasteiger partial charge on any atom is 0.281 e. The second kappa shape index (κ2) is 4.50. The predicted molar refractivity (Wildman–Crippen MR) is 56.6 cm³/mol. The molecule has 0 saturated carbocycles. The zero-order valence-electron chi connectivity index (χ0n) is 8.30. The van der Waals surface area contributed by atoms with E-state index >= 15 is 0 Å². The number of carbonyl (C=O) groups excluding carboxylic acids is 1. The number of amides is 1. The van der Waals surface area contributed by atoms with Crippen molar-refractivity contribution in [2.24, 2.45) is 5.73 Å². The van der Waals surface area contributed by atoms with E-state index in [-0.39, 0.29) is 11.4 Å². The molecule has 2 heterocycles. The summed E-state index contributed by atoms with van der Waals surface area (Å²) in [5.41, 5.74) is 6.20. The molecule has 2 rings (SSSR count). The smallest absolute Gasteiger partial charge is 0.281 e. The highest BCUT2D eigenvalue weighted by Gasteiger charge is 2.19. The van der Waals surface area contributed by atoms with Gasteiger partial charge in [0.2, 0.25) is 0 Å². The van der Waals surface area contributed by atoms with Crippen LogP contribution in [-0.2, 0) is 0 Å². The molecule has 0 aliphatic heterocycles. The number of nitrogens with two attached hydrogens (primary N) is 1. The number of alkyl halides is 2. The lowest BCUT2D eigenvalue weighted by atomic mass is 10.2. The molecule has 1 amide bonds. The molecule has 0 aliphatic carbocycles. The van der Waals surface area contributed by atoms with Gasteiger partial charge in [-0.05, 0) is 0 Å². The van der Waals surface area contributed by atoms with Crippen molar-refractivity contribution in [2.45, 2.75) is 6.43 Å². The molecule has 0 atom stereocenters. The molecule has 0 fully saturated rings. The van der Waals surface area contributed by atoms with E-state index in [1.54, 1.807) is 5.38 Å². The molecule has 0 unspecified atom stereocenters. The van der Waals surface area contributed by atoms with Crippen molar-refractivity contribution in [3.05, 3.63) is 28.5 Å². The van der Waals surface area contributed by atoms with Crippen LogP contribution >= 0.6 is 11.3 Å². The molecule has 0 aromatic carbocycles. The van der Waals surface area contributed by atoms with E-state index in [2.05, 4.69) is 15.0 Å². The van der Waals surface area contributed by atoms with Crippen molar-refractivity contribution in [1.82, 2.24) is 15.0 Å². The third kappa shape index (κ3) is 2.26. The second-order valence-corrected chi connectivity index (χ2v) is 3.75. The molecule has 88 valence electrons. The molecular weight excluding hydrogens is 250 g/mol. The molecular formula is C9H6F2N4OS. The van der Waals surface area contributed by atoms with Crippen molar-refractivity contribution < 1.29 is 13.6 Å². The van der Waals surface area contributed by atoms with E-state index in [0.717, 1.165) is 6.20 Å². The summed E-state index contributed by atoms with van der Waals surface area (Å²) in [6.45, 7) is 0. The molecule has 5 nitrogen and oxygen atoms in total. The highest BCUT2D eigenvalue weighted by atomic mass is 32.1. The summed E-state index contributed by atoms with van der Waals surface area (Å²) in [6.07, 6.45) is -1.93. The van der Waals surface area contributed by atoms with Crippen molar-refractivity contribution in [3.8, 4) is 11.4 Å². The Morgan fingerprint density at radius 1 is 1.41 bits per heavy atom. The molecule has 0 aliphatic rings. The monoisotopic (exact) mass is 256 g/mol. The Labute approximate surface area is 98.4 Å². The average Bonchev–Trinajstić information content (AvgIpc) is 2.81. The van der Waals surface area contributed by atoms with Gasteiger partial charge in [0.25, 0.3) is 12.3 Å². The highest BCUT2D eigenvalue weighted by molar-refractivity contribution is 7.07. The summed E-state index contributed by atoms with van der Waals surface area (Å²) in [4.78, 5) is 22.3. The van der Waals surface area contributed by atoms with E-state index in [1.165, 1.54) is 16.8 Å². The fourth-order valence-corrected chi connectivity index (χ4v) is 1.73. The number of hydrogen-bond donors (Lipinski definition) is 1. The minimum absolute atomic E-state index is 0.0171. The van der Waals surface area contributed by atoms with Crippen LogP contribution in [0.4, 0.5) is 8.78 Å². The van der Waals surface area contributed by atoms with Crippen LogP contribution in [-0.4, -0.2) is 20.9 Å². The number of nitrogens with zero attached hydrogens (tertiary/aromatic N) is 3. The highest BCUT2D eigenvalue weighted by Crippen LogP contribution is 2.23. The molecule has 0 spiro atoms. The topological polar surface area (TPSA) is 81.8 Å². The minimum atomic E-state index is -2.76. The van der Waals surface area contributed by atoms with Crippen LogP contribution in [0.1, 0.15) is 22.6 Å². The maximum absolute atomic E-state index is 12.5. The van der Waals surface area contributed by atoms with E-state index in [4.69, 9.17) is 5.73 Å². The Morgan fingerprint density at radius 3 is 2.71 bits per heavy atom. The number of primary amides is 1. The van der Waals surface area contributed by atoms with Gasteiger partial charge in [-0.2, -0.15) is 0 Å². The minimum Gasteiger partial charge on any atom is -0.364 e. The molecule has 2 aromatic rings. The molecule has 2 N–H and O–H groups in total. The number of thiazole rings is 1. The van der Waals surface area contributed by atoms with Crippen LogP contribution < -0.4 is 5.73 Å². The first-order chi connectivity index (χ1) is 8.09. The molecule has 8 heteroatoms. The Kier molecular flexibility index (Phi) is 3.05. The first-order valence-corrected chi connectivity index (χ1v) is 5.37. The molecule has 0 saturated heterocycles. The average molecular weight is 256 g/mol. The summed E-state index contributed by atoms with van der Waals surface area (Å²) in [6, 6.07) is 0. The third-order valence-electron chi connectivity index (χ3n) is 1.92. The first kappa shape index (κ1) is 11.5. The van der Waals surface area contributed by atoms with Crippen LogP contribution in [0.25, 0.3) is 11.4 Å². The summed E-state index contributed by atoms with van der Waals surface area (Å²) < 4.78 is 25.0. The van der Waals surface area contributed by atoms with Crippen LogP contribution in [0.2, 0.25) is 0 Å². The van der Waals surface area contributed by atoms with Crippen LogP contribution in [0, 0.1) is 0 Å². The molecule has 0 bridgehead atoms. The Bertz CT molecular complexity index is 544. The van der Waals surface area contributed by atoms with Gasteiger partial charge in [0.05, 0.1) is 11.7 Å². The van der Waals surface area contributed by atoms with E-state index in [1.807, 2.05) is 0 Å².